The van der Waals surface area contributed by atoms with Gasteiger partial charge in [0.1, 0.15) is 12.6 Å². The average molecular weight is 380 g/mol. The summed E-state index contributed by atoms with van der Waals surface area (Å²) in [7, 11) is 0. The molecule has 6 nitrogen and oxygen atoms in total. The van der Waals surface area contributed by atoms with Gasteiger partial charge >= 0.3 is 6.18 Å². The van der Waals surface area contributed by atoms with Crippen LogP contribution >= 0.6 is 0 Å². The Morgan fingerprint density at radius 3 is 2.56 bits per heavy atom. The molecule has 1 atom stereocenters. The third kappa shape index (κ3) is 4.47. The molecule has 2 aromatic rings. The largest absolute Gasteiger partial charge is 0.405 e. The number of hydrogen-bond acceptors (Lipinski definition) is 3. The van der Waals surface area contributed by atoms with E-state index < -0.39 is 24.7 Å². The highest BCUT2D eigenvalue weighted by atomic mass is 19.4. The number of rotatable bonds is 4. The smallest absolute Gasteiger partial charge is 0.345 e. The number of hydrogen-bond donors (Lipinski definition) is 1. The van der Waals surface area contributed by atoms with Crippen molar-refractivity contribution in [1.29, 1.82) is 0 Å². The van der Waals surface area contributed by atoms with Crippen molar-refractivity contribution in [2.24, 2.45) is 0 Å². The summed E-state index contributed by atoms with van der Waals surface area (Å²) in [6, 6.07) is 5.83. The Kier molecular flexibility index (Phi) is 5.20. The molecule has 2 amide bonds. The quantitative estimate of drug-likeness (QED) is 0.886. The number of aromatic nitrogens is 2. The van der Waals surface area contributed by atoms with Gasteiger partial charge in [0.25, 0.3) is 5.91 Å². The molecule has 0 spiro atoms. The number of halogens is 3. The number of nitrogens with one attached hydrogen (secondary N) is 1. The molecule has 1 fully saturated rings. The first kappa shape index (κ1) is 18.9. The van der Waals surface area contributed by atoms with E-state index in [-0.39, 0.29) is 5.91 Å². The van der Waals surface area contributed by atoms with E-state index in [4.69, 9.17) is 0 Å². The second-order valence-corrected chi connectivity index (χ2v) is 6.50. The molecule has 27 heavy (non-hydrogen) atoms. The molecule has 1 saturated heterocycles. The van der Waals surface area contributed by atoms with Crippen molar-refractivity contribution in [2.75, 3.05) is 13.1 Å². The van der Waals surface area contributed by atoms with Crippen LogP contribution in [0.15, 0.2) is 36.7 Å². The van der Waals surface area contributed by atoms with Crippen LogP contribution in [0.4, 0.5) is 13.2 Å². The minimum absolute atomic E-state index is 0.336. The van der Waals surface area contributed by atoms with Gasteiger partial charge in [-0.1, -0.05) is 0 Å². The van der Waals surface area contributed by atoms with E-state index in [2.05, 4.69) is 5.10 Å². The van der Waals surface area contributed by atoms with Gasteiger partial charge in [-0.15, -0.1) is 0 Å². The molecule has 1 unspecified atom stereocenters. The number of aryl methyl sites for hydroxylation is 1. The van der Waals surface area contributed by atoms with E-state index in [9.17, 15) is 22.8 Å². The molecule has 144 valence electrons. The molecule has 0 radical (unpaired) electrons. The van der Waals surface area contributed by atoms with Crippen molar-refractivity contribution in [3.63, 3.8) is 0 Å². The van der Waals surface area contributed by atoms with Gasteiger partial charge in [0.2, 0.25) is 5.91 Å². The number of carbonyl (C=O) groups is 2. The Labute approximate surface area is 154 Å². The normalized spacial score (nSPS) is 17.2. The Balaban J connectivity index is 1.69. The van der Waals surface area contributed by atoms with Crippen LogP contribution in [0.5, 0.6) is 0 Å². The zero-order valence-corrected chi connectivity index (χ0v) is 14.7. The summed E-state index contributed by atoms with van der Waals surface area (Å²) in [4.78, 5) is 26.1. The molecule has 3 rings (SSSR count). The van der Waals surface area contributed by atoms with Gasteiger partial charge in [-0.25, -0.2) is 4.68 Å². The SMILES string of the molecule is Cc1cnn(-c2ccc(C(=O)N3CCCC3C(=O)NCC(F)(F)F)cc2)c1. The third-order valence-electron chi connectivity index (χ3n) is 4.37. The lowest BCUT2D eigenvalue weighted by atomic mass is 10.1. The fourth-order valence-electron chi connectivity index (χ4n) is 3.06. The first-order chi connectivity index (χ1) is 12.7. The van der Waals surface area contributed by atoms with Crippen molar-refractivity contribution in [3.8, 4) is 5.69 Å². The molecule has 0 bridgehead atoms. The van der Waals surface area contributed by atoms with Gasteiger partial charge < -0.3 is 10.2 Å². The molecule has 1 N–H and O–H groups in total. The Hall–Kier alpha value is -2.84. The maximum Gasteiger partial charge on any atom is 0.405 e. The molecule has 2 heterocycles. The minimum Gasteiger partial charge on any atom is -0.345 e. The van der Waals surface area contributed by atoms with Crippen molar-refractivity contribution in [1.82, 2.24) is 20.0 Å². The van der Waals surface area contributed by atoms with Gasteiger partial charge in [-0.2, -0.15) is 18.3 Å². The van der Waals surface area contributed by atoms with Crippen molar-refractivity contribution in [3.05, 3.63) is 47.8 Å². The van der Waals surface area contributed by atoms with Gasteiger partial charge in [0.15, 0.2) is 0 Å². The first-order valence-electron chi connectivity index (χ1n) is 8.52. The highest BCUT2D eigenvalue weighted by molar-refractivity contribution is 5.98. The maximum absolute atomic E-state index is 12.7. The predicted molar refractivity (Wildman–Crippen MR) is 91.4 cm³/mol. The summed E-state index contributed by atoms with van der Waals surface area (Å²) in [5.41, 5.74) is 2.15. The van der Waals surface area contributed by atoms with E-state index in [1.165, 1.54) is 4.90 Å². The van der Waals surface area contributed by atoms with E-state index in [0.29, 0.717) is 24.9 Å². The molecule has 1 aliphatic rings. The zero-order chi connectivity index (χ0) is 19.6. The molecular formula is C18H19F3N4O2. The fourth-order valence-corrected chi connectivity index (χ4v) is 3.06. The van der Waals surface area contributed by atoms with Gasteiger partial charge in [0.05, 0.1) is 11.9 Å². The van der Waals surface area contributed by atoms with Crippen LogP contribution in [0.3, 0.4) is 0 Å². The molecular weight excluding hydrogens is 361 g/mol. The number of carbonyl (C=O) groups excluding carboxylic acids is 2. The molecule has 0 saturated carbocycles. The topological polar surface area (TPSA) is 67.2 Å². The summed E-state index contributed by atoms with van der Waals surface area (Å²) >= 11 is 0. The van der Waals surface area contributed by atoms with E-state index in [1.54, 1.807) is 35.1 Å². The highest BCUT2D eigenvalue weighted by Gasteiger charge is 2.36. The Morgan fingerprint density at radius 1 is 1.26 bits per heavy atom. The van der Waals surface area contributed by atoms with Gasteiger partial charge in [0, 0.05) is 18.3 Å². The highest BCUT2D eigenvalue weighted by Crippen LogP contribution is 2.22. The maximum atomic E-state index is 12.7. The van der Waals surface area contributed by atoms with Crippen LogP contribution in [-0.2, 0) is 4.79 Å². The first-order valence-corrected chi connectivity index (χ1v) is 8.52. The predicted octanol–water partition coefficient (Wildman–Crippen LogP) is 2.46. The fraction of sp³-hybridized carbons (Fsp3) is 0.389. The van der Waals surface area contributed by atoms with E-state index in [1.807, 2.05) is 18.4 Å². The summed E-state index contributed by atoms with van der Waals surface area (Å²) in [6.07, 6.45) is -0.00384. The second kappa shape index (κ2) is 7.42. The monoisotopic (exact) mass is 380 g/mol. The lowest BCUT2D eigenvalue weighted by molar-refractivity contribution is -0.140. The lowest BCUT2D eigenvalue weighted by Gasteiger charge is -2.24. The molecule has 1 aromatic carbocycles. The van der Waals surface area contributed by atoms with Crippen LogP contribution in [0.2, 0.25) is 0 Å². The average Bonchev–Trinajstić information content (AvgIpc) is 3.27. The molecule has 1 aliphatic heterocycles. The second-order valence-electron chi connectivity index (χ2n) is 6.50. The van der Waals surface area contributed by atoms with Crippen LogP contribution in [-0.4, -0.2) is 51.8 Å². The Bertz CT molecular complexity index is 830. The van der Waals surface area contributed by atoms with Crippen LogP contribution in [0.1, 0.15) is 28.8 Å². The number of amides is 2. The summed E-state index contributed by atoms with van der Waals surface area (Å²) in [6.45, 7) is 0.851. The summed E-state index contributed by atoms with van der Waals surface area (Å²) in [5.74, 6) is -1.15. The third-order valence-corrected chi connectivity index (χ3v) is 4.37. The van der Waals surface area contributed by atoms with Crippen molar-refractivity contribution < 1.29 is 22.8 Å². The lowest BCUT2D eigenvalue weighted by Crippen LogP contribution is -2.48. The Morgan fingerprint density at radius 2 is 1.96 bits per heavy atom. The van der Waals surface area contributed by atoms with Crippen LogP contribution < -0.4 is 5.32 Å². The van der Waals surface area contributed by atoms with Crippen molar-refractivity contribution in [2.45, 2.75) is 32.0 Å². The van der Waals surface area contributed by atoms with Crippen LogP contribution in [0.25, 0.3) is 5.69 Å². The van der Waals surface area contributed by atoms with E-state index >= 15 is 0 Å². The number of nitrogens with zero attached hydrogens (tertiary/aromatic N) is 3. The number of benzene rings is 1. The van der Waals surface area contributed by atoms with Crippen molar-refractivity contribution >= 4 is 11.8 Å². The zero-order valence-electron chi connectivity index (χ0n) is 14.7. The summed E-state index contributed by atoms with van der Waals surface area (Å²) in [5, 5.41) is 6.05. The molecule has 1 aromatic heterocycles. The molecule has 9 heteroatoms. The summed E-state index contributed by atoms with van der Waals surface area (Å²) < 4.78 is 38.6. The molecule has 0 aliphatic carbocycles. The number of likely N-dealkylation sites (tertiary alicyclic amines) is 1. The van der Waals surface area contributed by atoms with Gasteiger partial charge in [-0.3, -0.25) is 9.59 Å². The van der Waals surface area contributed by atoms with Gasteiger partial charge in [-0.05, 0) is 49.6 Å². The van der Waals surface area contributed by atoms with E-state index in [0.717, 1.165) is 11.3 Å². The minimum atomic E-state index is -4.48. The van der Waals surface area contributed by atoms with Crippen LogP contribution in [0, 0.1) is 6.92 Å². The number of alkyl halides is 3. The standard InChI is InChI=1S/C18H19F3N4O2/c1-12-9-23-25(10-12)14-6-4-13(5-7-14)17(27)24-8-2-3-15(24)16(26)22-11-18(19,20)21/h4-7,9-10,15H,2-3,8,11H2,1H3,(H,22,26).